The van der Waals surface area contributed by atoms with Gasteiger partial charge >= 0.3 is 0 Å². The van der Waals surface area contributed by atoms with Gasteiger partial charge in [-0.3, -0.25) is 4.99 Å². The Bertz CT molecular complexity index is 344. The molecule has 0 aromatic carbocycles. The highest BCUT2D eigenvalue weighted by atomic mass is 35.5. The van der Waals surface area contributed by atoms with Crippen molar-refractivity contribution in [2.24, 2.45) is 4.99 Å². The van der Waals surface area contributed by atoms with Crippen LogP contribution in [0.15, 0.2) is 23.3 Å². The molecule has 0 saturated heterocycles. The first-order valence-corrected chi connectivity index (χ1v) is 4.89. The first kappa shape index (κ1) is 9.46. The van der Waals surface area contributed by atoms with Crippen LogP contribution in [-0.4, -0.2) is 17.8 Å². The van der Waals surface area contributed by atoms with Crippen LogP contribution < -0.4 is 4.74 Å². The summed E-state index contributed by atoms with van der Waals surface area (Å²) in [4.78, 5) is 8.40. The Kier molecular flexibility index (Phi) is 2.42. The SMILES string of the molecule is COc1ccc(C2(/N=C/Cl)CC2)cn1. The molecule has 0 spiro atoms. The molecule has 1 aliphatic carbocycles. The number of pyridine rings is 1. The van der Waals surface area contributed by atoms with Crippen LogP contribution in [0.5, 0.6) is 5.88 Å². The van der Waals surface area contributed by atoms with E-state index in [0.717, 1.165) is 18.4 Å². The first-order valence-electron chi connectivity index (χ1n) is 4.45. The lowest BCUT2D eigenvalue weighted by atomic mass is 10.1. The van der Waals surface area contributed by atoms with Gasteiger partial charge in [-0.15, -0.1) is 0 Å². The number of rotatable bonds is 3. The predicted molar refractivity (Wildman–Crippen MR) is 56.0 cm³/mol. The van der Waals surface area contributed by atoms with E-state index in [4.69, 9.17) is 16.3 Å². The van der Waals surface area contributed by atoms with Crippen molar-refractivity contribution in [1.29, 1.82) is 0 Å². The van der Waals surface area contributed by atoms with Crippen molar-refractivity contribution in [2.75, 3.05) is 7.11 Å². The molecule has 1 heterocycles. The fourth-order valence-electron chi connectivity index (χ4n) is 1.48. The molecule has 1 aromatic heterocycles. The minimum atomic E-state index is -0.0962. The molecule has 0 atom stereocenters. The summed E-state index contributed by atoms with van der Waals surface area (Å²) in [5.41, 5.74) is 2.35. The smallest absolute Gasteiger partial charge is 0.212 e. The highest BCUT2D eigenvalue weighted by Gasteiger charge is 2.44. The summed E-state index contributed by atoms with van der Waals surface area (Å²) in [6.45, 7) is 0. The van der Waals surface area contributed by atoms with Gasteiger partial charge in [0.05, 0.1) is 18.3 Å². The zero-order valence-electron chi connectivity index (χ0n) is 7.90. The number of nitrogens with zero attached hydrogens (tertiary/aromatic N) is 2. The monoisotopic (exact) mass is 210 g/mol. The molecule has 74 valence electrons. The molecular formula is C10H11ClN2O. The second kappa shape index (κ2) is 3.58. The number of hydrogen-bond donors (Lipinski definition) is 0. The molecule has 0 amide bonds. The predicted octanol–water partition coefficient (Wildman–Crippen LogP) is 2.35. The largest absolute Gasteiger partial charge is 0.481 e. The molecule has 3 nitrogen and oxygen atoms in total. The van der Waals surface area contributed by atoms with Crippen molar-refractivity contribution in [1.82, 2.24) is 4.98 Å². The average Bonchev–Trinajstić information content (AvgIpc) is 3.00. The highest BCUT2D eigenvalue weighted by molar-refractivity contribution is 6.56. The molecular weight excluding hydrogens is 200 g/mol. The van der Waals surface area contributed by atoms with Crippen LogP contribution in [0.1, 0.15) is 18.4 Å². The van der Waals surface area contributed by atoms with Crippen LogP contribution in [0.25, 0.3) is 0 Å². The Hall–Kier alpha value is -1.09. The lowest BCUT2D eigenvalue weighted by Gasteiger charge is -2.09. The summed E-state index contributed by atoms with van der Waals surface area (Å²) in [7, 11) is 1.60. The maximum absolute atomic E-state index is 5.50. The van der Waals surface area contributed by atoms with Gasteiger partial charge in [0.1, 0.15) is 0 Å². The van der Waals surface area contributed by atoms with Crippen LogP contribution >= 0.6 is 11.6 Å². The Balaban J connectivity index is 2.25. The molecule has 0 unspecified atom stereocenters. The van der Waals surface area contributed by atoms with E-state index < -0.39 is 0 Å². The maximum Gasteiger partial charge on any atom is 0.212 e. The summed E-state index contributed by atoms with van der Waals surface area (Å²) in [6, 6.07) is 3.84. The van der Waals surface area contributed by atoms with E-state index >= 15 is 0 Å². The molecule has 0 N–H and O–H groups in total. The van der Waals surface area contributed by atoms with Crippen molar-refractivity contribution >= 4 is 17.3 Å². The van der Waals surface area contributed by atoms with Gasteiger partial charge in [0, 0.05) is 12.3 Å². The third kappa shape index (κ3) is 1.60. The summed E-state index contributed by atoms with van der Waals surface area (Å²) < 4.78 is 4.99. The first-order chi connectivity index (χ1) is 6.80. The number of ether oxygens (including phenoxy) is 1. The minimum absolute atomic E-state index is 0.0962. The summed E-state index contributed by atoms with van der Waals surface area (Å²) in [5.74, 6) is 0.624. The molecule has 1 aromatic rings. The second-order valence-electron chi connectivity index (χ2n) is 3.35. The molecule has 2 rings (SSSR count). The van der Waals surface area contributed by atoms with E-state index in [1.165, 1.54) is 5.67 Å². The minimum Gasteiger partial charge on any atom is -0.481 e. The van der Waals surface area contributed by atoms with Crippen molar-refractivity contribution in [3.8, 4) is 5.88 Å². The summed E-state index contributed by atoms with van der Waals surface area (Å²) in [5, 5.41) is 0. The van der Waals surface area contributed by atoms with Crippen molar-refractivity contribution in [3.63, 3.8) is 0 Å². The normalized spacial score (nSPS) is 18.4. The Morgan fingerprint density at radius 3 is 2.79 bits per heavy atom. The fourth-order valence-corrected chi connectivity index (χ4v) is 1.67. The molecule has 0 radical (unpaired) electrons. The standard InChI is InChI=1S/C10H11ClN2O/c1-14-9-3-2-8(6-12-9)10(4-5-10)13-7-11/h2-3,6-7H,4-5H2,1H3/b13-7+. The van der Waals surface area contributed by atoms with E-state index in [1.807, 2.05) is 12.1 Å². The number of aliphatic imine (C=N–C) groups is 1. The van der Waals surface area contributed by atoms with Gasteiger partial charge in [-0.25, -0.2) is 4.98 Å². The third-order valence-corrected chi connectivity index (χ3v) is 2.60. The topological polar surface area (TPSA) is 34.5 Å². The molecule has 4 heteroatoms. The Morgan fingerprint density at radius 1 is 1.57 bits per heavy atom. The van der Waals surface area contributed by atoms with E-state index in [0.29, 0.717) is 5.88 Å². The van der Waals surface area contributed by atoms with Crippen LogP contribution in [0, 0.1) is 0 Å². The Labute approximate surface area is 87.8 Å². The van der Waals surface area contributed by atoms with Crippen LogP contribution in [0.4, 0.5) is 0 Å². The van der Waals surface area contributed by atoms with Gasteiger partial charge in [-0.2, -0.15) is 0 Å². The lowest BCUT2D eigenvalue weighted by Crippen LogP contribution is -2.03. The van der Waals surface area contributed by atoms with Gasteiger partial charge in [-0.1, -0.05) is 11.6 Å². The van der Waals surface area contributed by atoms with E-state index in [1.54, 1.807) is 13.3 Å². The third-order valence-electron chi connectivity index (χ3n) is 2.50. The summed E-state index contributed by atoms with van der Waals surface area (Å²) >= 11 is 5.50. The van der Waals surface area contributed by atoms with Crippen LogP contribution in [-0.2, 0) is 5.54 Å². The van der Waals surface area contributed by atoms with Crippen LogP contribution in [0.2, 0.25) is 0 Å². The van der Waals surface area contributed by atoms with E-state index in [2.05, 4.69) is 9.98 Å². The van der Waals surface area contributed by atoms with Crippen molar-refractivity contribution < 1.29 is 4.74 Å². The van der Waals surface area contributed by atoms with Gasteiger partial charge in [0.25, 0.3) is 0 Å². The quantitative estimate of drug-likeness (QED) is 0.718. The molecule has 1 aliphatic rings. The van der Waals surface area contributed by atoms with Gasteiger partial charge in [-0.05, 0) is 24.5 Å². The average molecular weight is 211 g/mol. The highest BCUT2D eigenvalue weighted by Crippen LogP contribution is 2.49. The zero-order valence-corrected chi connectivity index (χ0v) is 8.66. The zero-order chi connectivity index (χ0) is 10.0. The number of aromatic nitrogens is 1. The van der Waals surface area contributed by atoms with Crippen molar-refractivity contribution in [2.45, 2.75) is 18.4 Å². The number of methoxy groups -OCH3 is 1. The molecule has 0 bridgehead atoms. The van der Waals surface area contributed by atoms with Gasteiger partial charge in [0.15, 0.2) is 0 Å². The van der Waals surface area contributed by atoms with Gasteiger partial charge < -0.3 is 4.74 Å². The Morgan fingerprint density at radius 2 is 2.36 bits per heavy atom. The van der Waals surface area contributed by atoms with E-state index in [-0.39, 0.29) is 5.54 Å². The van der Waals surface area contributed by atoms with Gasteiger partial charge in [0.2, 0.25) is 5.88 Å². The van der Waals surface area contributed by atoms with Crippen molar-refractivity contribution in [3.05, 3.63) is 23.9 Å². The molecule has 14 heavy (non-hydrogen) atoms. The molecule has 1 saturated carbocycles. The van der Waals surface area contributed by atoms with E-state index in [9.17, 15) is 0 Å². The molecule has 1 fully saturated rings. The van der Waals surface area contributed by atoms with Crippen LogP contribution in [0.3, 0.4) is 0 Å². The molecule has 0 aliphatic heterocycles. The summed E-state index contributed by atoms with van der Waals surface area (Å²) in [6.07, 6.45) is 3.89. The number of halogens is 1. The number of hydrogen-bond acceptors (Lipinski definition) is 3. The lowest BCUT2D eigenvalue weighted by molar-refractivity contribution is 0.397. The second-order valence-corrected chi connectivity index (χ2v) is 3.54. The fraction of sp³-hybridized carbons (Fsp3) is 0.400. The maximum atomic E-state index is 5.50.